The van der Waals surface area contributed by atoms with E-state index in [1.54, 1.807) is 0 Å². The van der Waals surface area contributed by atoms with Gasteiger partial charge in [0.25, 0.3) is 0 Å². The van der Waals surface area contributed by atoms with Crippen LogP contribution in [0.5, 0.6) is 0 Å². The molecule has 1 aliphatic heterocycles. The SMILES string of the molecule is CCN(CC(C)C)C1COCCC1O. The molecule has 1 heterocycles. The van der Waals surface area contributed by atoms with Crippen molar-refractivity contribution < 1.29 is 9.84 Å². The maximum atomic E-state index is 9.86. The van der Waals surface area contributed by atoms with Crippen molar-refractivity contribution in [3.05, 3.63) is 0 Å². The average Bonchev–Trinajstić information content (AvgIpc) is 2.15. The van der Waals surface area contributed by atoms with Crippen molar-refractivity contribution in [1.82, 2.24) is 4.90 Å². The molecular formula is C11H23NO2. The number of hydrogen-bond acceptors (Lipinski definition) is 3. The highest BCUT2D eigenvalue weighted by Gasteiger charge is 2.28. The number of aliphatic hydroxyl groups is 1. The van der Waals surface area contributed by atoms with Gasteiger partial charge < -0.3 is 9.84 Å². The highest BCUT2D eigenvalue weighted by atomic mass is 16.5. The molecule has 0 amide bonds. The van der Waals surface area contributed by atoms with Gasteiger partial charge in [0.2, 0.25) is 0 Å². The van der Waals surface area contributed by atoms with Gasteiger partial charge in [-0.2, -0.15) is 0 Å². The van der Waals surface area contributed by atoms with Crippen molar-refractivity contribution in [3.63, 3.8) is 0 Å². The first-order valence-electron chi connectivity index (χ1n) is 5.65. The maximum Gasteiger partial charge on any atom is 0.0739 e. The van der Waals surface area contributed by atoms with E-state index in [-0.39, 0.29) is 12.1 Å². The fourth-order valence-electron chi connectivity index (χ4n) is 2.03. The van der Waals surface area contributed by atoms with Crippen molar-refractivity contribution in [3.8, 4) is 0 Å². The summed E-state index contributed by atoms with van der Waals surface area (Å²) < 4.78 is 5.42. The summed E-state index contributed by atoms with van der Waals surface area (Å²) in [4.78, 5) is 2.33. The highest BCUT2D eigenvalue weighted by Crippen LogP contribution is 2.15. The van der Waals surface area contributed by atoms with Gasteiger partial charge in [-0.25, -0.2) is 0 Å². The number of likely N-dealkylation sites (N-methyl/N-ethyl adjacent to an activating group) is 1. The second kappa shape index (κ2) is 5.69. The summed E-state index contributed by atoms with van der Waals surface area (Å²) in [7, 11) is 0. The molecule has 0 saturated carbocycles. The van der Waals surface area contributed by atoms with E-state index in [4.69, 9.17) is 4.74 Å². The van der Waals surface area contributed by atoms with Gasteiger partial charge in [-0.3, -0.25) is 4.90 Å². The molecule has 0 radical (unpaired) electrons. The summed E-state index contributed by atoms with van der Waals surface area (Å²) in [6.45, 7) is 9.98. The lowest BCUT2D eigenvalue weighted by Crippen LogP contribution is -2.50. The highest BCUT2D eigenvalue weighted by molar-refractivity contribution is 4.81. The summed E-state index contributed by atoms with van der Waals surface area (Å²) in [5.74, 6) is 0.643. The van der Waals surface area contributed by atoms with Crippen LogP contribution in [0.25, 0.3) is 0 Å². The maximum absolute atomic E-state index is 9.86. The van der Waals surface area contributed by atoms with E-state index in [2.05, 4.69) is 25.7 Å². The van der Waals surface area contributed by atoms with Crippen LogP contribution in [0.2, 0.25) is 0 Å². The molecule has 1 saturated heterocycles. The largest absolute Gasteiger partial charge is 0.391 e. The van der Waals surface area contributed by atoms with Crippen LogP contribution in [0.15, 0.2) is 0 Å². The van der Waals surface area contributed by atoms with Gasteiger partial charge in [-0.05, 0) is 18.9 Å². The number of aliphatic hydroxyl groups excluding tert-OH is 1. The number of ether oxygens (including phenoxy) is 1. The molecule has 1 N–H and O–H groups in total. The predicted molar refractivity (Wildman–Crippen MR) is 57.3 cm³/mol. The van der Waals surface area contributed by atoms with E-state index >= 15 is 0 Å². The molecule has 0 aromatic rings. The summed E-state index contributed by atoms with van der Waals surface area (Å²) in [5, 5.41) is 9.86. The van der Waals surface area contributed by atoms with Crippen LogP contribution in [0.4, 0.5) is 0 Å². The van der Waals surface area contributed by atoms with Gasteiger partial charge in [-0.1, -0.05) is 20.8 Å². The quantitative estimate of drug-likeness (QED) is 0.739. The predicted octanol–water partition coefficient (Wildman–Crippen LogP) is 1.11. The van der Waals surface area contributed by atoms with Crippen molar-refractivity contribution in [2.24, 2.45) is 5.92 Å². The van der Waals surface area contributed by atoms with Gasteiger partial charge in [0.05, 0.1) is 18.8 Å². The van der Waals surface area contributed by atoms with Crippen molar-refractivity contribution in [1.29, 1.82) is 0 Å². The minimum Gasteiger partial charge on any atom is -0.391 e. The van der Waals surface area contributed by atoms with E-state index in [9.17, 15) is 5.11 Å². The van der Waals surface area contributed by atoms with Gasteiger partial charge in [-0.15, -0.1) is 0 Å². The fourth-order valence-corrected chi connectivity index (χ4v) is 2.03. The molecule has 0 bridgehead atoms. The van der Waals surface area contributed by atoms with Crippen LogP contribution in [0, 0.1) is 5.92 Å². The minimum absolute atomic E-state index is 0.205. The molecule has 1 aliphatic rings. The Balaban J connectivity index is 2.48. The van der Waals surface area contributed by atoms with Crippen molar-refractivity contribution in [2.45, 2.75) is 39.3 Å². The zero-order valence-corrected chi connectivity index (χ0v) is 9.57. The molecule has 1 fully saturated rings. The second-order valence-corrected chi connectivity index (χ2v) is 4.48. The van der Waals surface area contributed by atoms with Crippen LogP contribution in [-0.2, 0) is 4.74 Å². The summed E-state index contributed by atoms with van der Waals surface area (Å²) in [6.07, 6.45) is 0.571. The Labute approximate surface area is 87.1 Å². The first-order valence-corrected chi connectivity index (χ1v) is 5.65. The third-order valence-corrected chi connectivity index (χ3v) is 2.77. The molecule has 2 unspecified atom stereocenters. The standard InChI is InChI=1S/C11H23NO2/c1-4-12(7-9(2)3)10-8-14-6-5-11(10)13/h9-11,13H,4-8H2,1-3H3. The topological polar surface area (TPSA) is 32.7 Å². The molecule has 0 aromatic heterocycles. The normalized spacial score (nSPS) is 28.7. The van der Waals surface area contributed by atoms with Crippen LogP contribution in [-0.4, -0.2) is 48.5 Å². The lowest BCUT2D eigenvalue weighted by atomic mass is 10.0. The second-order valence-electron chi connectivity index (χ2n) is 4.48. The first-order chi connectivity index (χ1) is 6.65. The number of hydrogen-bond donors (Lipinski definition) is 1. The average molecular weight is 201 g/mol. The van der Waals surface area contributed by atoms with Gasteiger partial charge in [0.15, 0.2) is 0 Å². The minimum atomic E-state index is -0.206. The Bertz CT molecular complexity index is 161. The van der Waals surface area contributed by atoms with Gasteiger partial charge >= 0.3 is 0 Å². The van der Waals surface area contributed by atoms with E-state index in [0.717, 1.165) is 19.5 Å². The molecule has 3 nitrogen and oxygen atoms in total. The Hall–Kier alpha value is -0.120. The van der Waals surface area contributed by atoms with Crippen molar-refractivity contribution >= 4 is 0 Å². The van der Waals surface area contributed by atoms with Crippen LogP contribution in [0.3, 0.4) is 0 Å². The zero-order chi connectivity index (χ0) is 10.6. The van der Waals surface area contributed by atoms with Crippen LogP contribution >= 0.6 is 0 Å². The summed E-state index contributed by atoms with van der Waals surface area (Å²) in [6, 6.07) is 0.205. The van der Waals surface area contributed by atoms with E-state index in [1.807, 2.05) is 0 Å². The molecule has 2 atom stereocenters. The molecule has 3 heteroatoms. The van der Waals surface area contributed by atoms with E-state index in [1.165, 1.54) is 0 Å². The molecule has 14 heavy (non-hydrogen) atoms. The lowest BCUT2D eigenvalue weighted by Gasteiger charge is -2.37. The Morgan fingerprint density at radius 3 is 2.71 bits per heavy atom. The molecule has 1 rings (SSSR count). The van der Waals surface area contributed by atoms with Gasteiger partial charge in [0, 0.05) is 13.2 Å². The smallest absolute Gasteiger partial charge is 0.0739 e. The fraction of sp³-hybridized carbons (Fsp3) is 1.00. The third-order valence-electron chi connectivity index (χ3n) is 2.77. The first kappa shape index (κ1) is 12.0. The number of rotatable bonds is 4. The molecule has 84 valence electrons. The Morgan fingerprint density at radius 1 is 1.50 bits per heavy atom. The molecule has 0 aliphatic carbocycles. The van der Waals surface area contributed by atoms with Crippen LogP contribution in [0.1, 0.15) is 27.2 Å². The lowest BCUT2D eigenvalue weighted by molar-refractivity contribution is -0.0624. The monoisotopic (exact) mass is 201 g/mol. The van der Waals surface area contributed by atoms with Gasteiger partial charge in [0.1, 0.15) is 0 Å². The third kappa shape index (κ3) is 3.23. The Kier molecular flexibility index (Phi) is 4.85. The van der Waals surface area contributed by atoms with E-state index in [0.29, 0.717) is 19.1 Å². The molecule has 0 spiro atoms. The van der Waals surface area contributed by atoms with Crippen LogP contribution < -0.4 is 0 Å². The summed E-state index contributed by atoms with van der Waals surface area (Å²) >= 11 is 0. The van der Waals surface area contributed by atoms with E-state index < -0.39 is 0 Å². The van der Waals surface area contributed by atoms with Crippen molar-refractivity contribution in [2.75, 3.05) is 26.3 Å². The summed E-state index contributed by atoms with van der Waals surface area (Å²) in [5.41, 5.74) is 0. The molecule has 0 aromatic carbocycles. The zero-order valence-electron chi connectivity index (χ0n) is 9.57. The Morgan fingerprint density at radius 2 is 2.21 bits per heavy atom. The number of nitrogens with zero attached hydrogens (tertiary/aromatic N) is 1. The molecular weight excluding hydrogens is 178 g/mol.